The first-order chi connectivity index (χ1) is 7.64. The van der Waals surface area contributed by atoms with Crippen molar-refractivity contribution in [2.45, 2.75) is 18.8 Å². The zero-order chi connectivity index (χ0) is 11.1. The predicted octanol–water partition coefficient (Wildman–Crippen LogP) is 1.87. The van der Waals surface area contributed by atoms with Crippen LogP contribution in [0.3, 0.4) is 0 Å². The van der Waals surface area contributed by atoms with Crippen LogP contribution in [0.5, 0.6) is 0 Å². The lowest BCUT2D eigenvalue weighted by Crippen LogP contribution is -2.26. The number of carbonyl (C=O) groups is 1. The van der Waals surface area contributed by atoms with Crippen LogP contribution in [0.4, 0.5) is 0 Å². The summed E-state index contributed by atoms with van der Waals surface area (Å²) in [4.78, 5) is 14.2. The zero-order valence-corrected chi connectivity index (χ0v) is 9.41. The van der Waals surface area contributed by atoms with Gasteiger partial charge in [-0.2, -0.15) is 0 Å². The van der Waals surface area contributed by atoms with Crippen LogP contribution in [0.1, 0.15) is 28.1 Å². The number of likely N-dealkylation sites (N-methyl/N-ethyl adjacent to an activating group) is 1. The van der Waals surface area contributed by atoms with Crippen LogP contribution < -0.4 is 0 Å². The molecule has 1 spiro atoms. The van der Waals surface area contributed by atoms with Crippen molar-refractivity contribution in [3.05, 3.63) is 34.9 Å². The molecule has 2 fully saturated rings. The van der Waals surface area contributed by atoms with E-state index in [2.05, 4.69) is 11.9 Å². The molecule has 3 nitrogen and oxygen atoms in total. The SMILES string of the molecule is Cc1coc2c1C13C[C@@H]1CN(C)C3=CC2=O. The van der Waals surface area contributed by atoms with E-state index in [0.717, 1.165) is 12.1 Å². The number of carbonyl (C=O) groups excluding carboxylic acids is 1. The van der Waals surface area contributed by atoms with E-state index in [-0.39, 0.29) is 11.2 Å². The molecule has 1 unspecified atom stereocenters. The van der Waals surface area contributed by atoms with Crippen molar-refractivity contribution in [3.8, 4) is 0 Å². The summed E-state index contributed by atoms with van der Waals surface area (Å²) in [6, 6.07) is 0. The minimum absolute atomic E-state index is 0.0307. The van der Waals surface area contributed by atoms with Crippen molar-refractivity contribution in [1.82, 2.24) is 4.90 Å². The van der Waals surface area contributed by atoms with E-state index in [1.54, 1.807) is 12.3 Å². The second-order valence-corrected chi connectivity index (χ2v) is 5.27. The number of hydrogen-bond donors (Lipinski definition) is 0. The number of piperidine rings is 1. The number of ketones is 1. The van der Waals surface area contributed by atoms with Gasteiger partial charge in [-0.1, -0.05) is 0 Å². The van der Waals surface area contributed by atoms with Gasteiger partial charge in [-0.3, -0.25) is 4.79 Å². The lowest BCUT2D eigenvalue weighted by atomic mass is 9.83. The number of aryl methyl sites for hydroxylation is 1. The molecule has 1 saturated heterocycles. The molecule has 1 aromatic rings. The number of hydrogen-bond acceptors (Lipinski definition) is 3. The Bertz CT molecular complexity index is 554. The Balaban J connectivity index is 2.04. The van der Waals surface area contributed by atoms with E-state index in [9.17, 15) is 4.79 Å². The molecule has 0 aromatic carbocycles. The summed E-state index contributed by atoms with van der Waals surface area (Å²) in [5.74, 6) is 1.30. The Hall–Kier alpha value is -1.51. The lowest BCUT2D eigenvalue weighted by Gasteiger charge is -2.25. The van der Waals surface area contributed by atoms with Gasteiger partial charge in [0.1, 0.15) is 0 Å². The number of rotatable bonds is 0. The highest BCUT2D eigenvalue weighted by atomic mass is 16.3. The van der Waals surface area contributed by atoms with Crippen LogP contribution in [0.2, 0.25) is 0 Å². The maximum absolute atomic E-state index is 12.0. The smallest absolute Gasteiger partial charge is 0.223 e. The highest BCUT2D eigenvalue weighted by Gasteiger charge is 2.66. The second kappa shape index (κ2) is 2.26. The van der Waals surface area contributed by atoms with Crippen molar-refractivity contribution in [1.29, 1.82) is 0 Å². The summed E-state index contributed by atoms with van der Waals surface area (Å²) in [7, 11) is 2.08. The first-order valence-corrected chi connectivity index (χ1v) is 5.71. The van der Waals surface area contributed by atoms with Crippen LogP contribution >= 0.6 is 0 Å². The molecule has 0 N–H and O–H groups in total. The molecule has 82 valence electrons. The Labute approximate surface area is 93.7 Å². The molecule has 1 aromatic heterocycles. The maximum Gasteiger partial charge on any atom is 0.223 e. The molecule has 16 heavy (non-hydrogen) atoms. The molecule has 0 radical (unpaired) electrons. The number of nitrogens with zero attached hydrogens (tertiary/aromatic N) is 1. The van der Waals surface area contributed by atoms with Gasteiger partial charge in [0.05, 0.1) is 6.26 Å². The van der Waals surface area contributed by atoms with Gasteiger partial charge in [0, 0.05) is 36.3 Å². The molecule has 4 rings (SSSR count). The van der Waals surface area contributed by atoms with E-state index in [1.807, 2.05) is 6.92 Å². The maximum atomic E-state index is 12.0. The fraction of sp³-hybridized carbons (Fsp3) is 0.462. The van der Waals surface area contributed by atoms with Gasteiger partial charge in [-0.15, -0.1) is 0 Å². The monoisotopic (exact) mass is 215 g/mol. The predicted molar refractivity (Wildman–Crippen MR) is 58.3 cm³/mol. The Morgan fingerprint density at radius 1 is 1.56 bits per heavy atom. The fourth-order valence-electron chi connectivity index (χ4n) is 3.68. The summed E-state index contributed by atoms with van der Waals surface area (Å²) in [5, 5.41) is 0. The molecular weight excluding hydrogens is 202 g/mol. The van der Waals surface area contributed by atoms with Crippen molar-refractivity contribution < 1.29 is 9.21 Å². The molecule has 1 saturated carbocycles. The van der Waals surface area contributed by atoms with E-state index in [4.69, 9.17) is 4.42 Å². The quantitative estimate of drug-likeness (QED) is 0.662. The largest absolute Gasteiger partial charge is 0.460 e. The van der Waals surface area contributed by atoms with Crippen molar-refractivity contribution in [2.75, 3.05) is 13.6 Å². The second-order valence-electron chi connectivity index (χ2n) is 5.27. The summed E-state index contributed by atoms with van der Waals surface area (Å²) in [6.45, 7) is 3.12. The van der Waals surface area contributed by atoms with E-state index in [0.29, 0.717) is 11.7 Å². The van der Waals surface area contributed by atoms with Crippen LogP contribution in [-0.2, 0) is 5.41 Å². The Morgan fingerprint density at radius 3 is 3.19 bits per heavy atom. The summed E-state index contributed by atoms with van der Waals surface area (Å²) in [6.07, 6.45) is 4.68. The average molecular weight is 215 g/mol. The van der Waals surface area contributed by atoms with Crippen molar-refractivity contribution >= 4 is 5.78 Å². The molecule has 2 aliphatic carbocycles. The van der Waals surface area contributed by atoms with Crippen LogP contribution in [0, 0.1) is 12.8 Å². The number of fused-ring (bicyclic) bond motifs is 1. The zero-order valence-electron chi connectivity index (χ0n) is 9.41. The molecule has 0 amide bonds. The molecule has 0 bridgehead atoms. The lowest BCUT2D eigenvalue weighted by molar-refractivity contribution is 0.101. The van der Waals surface area contributed by atoms with Crippen LogP contribution in [0.15, 0.2) is 22.5 Å². The minimum atomic E-state index is 0.0307. The summed E-state index contributed by atoms with van der Waals surface area (Å²) >= 11 is 0. The minimum Gasteiger partial charge on any atom is -0.460 e. The molecule has 3 aliphatic rings. The first kappa shape index (κ1) is 8.62. The van der Waals surface area contributed by atoms with E-state index in [1.165, 1.54) is 17.7 Å². The summed E-state index contributed by atoms with van der Waals surface area (Å²) < 4.78 is 5.42. The standard InChI is InChI=1S/C13H13NO2/c1-7-6-16-12-9(15)3-10-13(11(7)12)4-8(13)5-14(10)2/h3,6,8H,4-5H2,1-2H3/t8-,13?/m1/s1. The molecular formula is C13H13NO2. The Morgan fingerprint density at radius 2 is 2.38 bits per heavy atom. The van der Waals surface area contributed by atoms with Gasteiger partial charge in [-0.25, -0.2) is 0 Å². The van der Waals surface area contributed by atoms with Gasteiger partial charge < -0.3 is 9.32 Å². The van der Waals surface area contributed by atoms with Gasteiger partial charge in [0.25, 0.3) is 0 Å². The fourth-order valence-corrected chi connectivity index (χ4v) is 3.68. The van der Waals surface area contributed by atoms with Crippen LogP contribution in [0.25, 0.3) is 0 Å². The molecule has 2 atom stereocenters. The van der Waals surface area contributed by atoms with E-state index < -0.39 is 0 Å². The number of allylic oxidation sites excluding steroid dienone is 2. The summed E-state index contributed by atoms with van der Waals surface area (Å²) in [5.41, 5.74) is 3.64. The molecule has 2 heterocycles. The van der Waals surface area contributed by atoms with Gasteiger partial charge in [0.15, 0.2) is 5.76 Å². The average Bonchev–Trinajstić information content (AvgIpc) is 2.64. The van der Waals surface area contributed by atoms with Gasteiger partial charge >= 0.3 is 0 Å². The van der Waals surface area contributed by atoms with Crippen molar-refractivity contribution in [3.63, 3.8) is 0 Å². The van der Waals surface area contributed by atoms with Crippen molar-refractivity contribution in [2.24, 2.45) is 5.92 Å². The highest BCUT2D eigenvalue weighted by molar-refractivity contribution is 6.07. The topological polar surface area (TPSA) is 33.5 Å². The third kappa shape index (κ3) is 0.701. The third-order valence-corrected chi connectivity index (χ3v) is 4.38. The van der Waals surface area contributed by atoms with E-state index >= 15 is 0 Å². The van der Waals surface area contributed by atoms with Gasteiger partial charge in [0.2, 0.25) is 5.78 Å². The first-order valence-electron chi connectivity index (χ1n) is 5.71. The number of likely N-dealkylation sites (tertiary alicyclic amines) is 1. The Kier molecular flexibility index (Phi) is 1.22. The molecule has 3 heteroatoms. The van der Waals surface area contributed by atoms with Crippen LogP contribution in [-0.4, -0.2) is 24.3 Å². The normalized spacial score (nSPS) is 34.4. The van der Waals surface area contributed by atoms with Gasteiger partial charge in [-0.05, 0) is 24.8 Å². The third-order valence-electron chi connectivity index (χ3n) is 4.38. The number of furan rings is 1. The molecule has 1 aliphatic heterocycles. The highest BCUT2D eigenvalue weighted by Crippen LogP contribution is 2.66.